The van der Waals surface area contributed by atoms with Crippen LogP contribution in [0.15, 0.2) is 11.4 Å². The summed E-state index contributed by atoms with van der Waals surface area (Å²) in [6.45, 7) is 4.89. The van der Waals surface area contributed by atoms with Gasteiger partial charge < -0.3 is 11.1 Å². The number of nitrogens with one attached hydrogen (secondary N) is 1. The highest BCUT2D eigenvalue weighted by Crippen LogP contribution is 2.37. The third-order valence-corrected chi connectivity index (χ3v) is 4.83. The molecule has 0 aromatic carbocycles. The Balaban J connectivity index is 1.91. The SMILES string of the molecule is CCn1nc(C)c(N)c1NC1CCCc2sccc21. The Kier molecular flexibility index (Phi) is 3.22. The fraction of sp³-hybridized carbons (Fsp3) is 0.500. The molecule has 5 heteroatoms. The quantitative estimate of drug-likeness (QED) is 0.904. The number of aryl methyl sites for hydroxylation is 3. The number of nitrogens with zero attached hydrogens (tertiary/aromatic N) is 2. The molecule has 1 atom stereocenters. The van der Waals surface area contributed by atoms with Gasteiger partial charge in [0.1, 0.15) is 5.82 Å². The Labute approximate surface area is 117 Å². The van der Waals surface area contributed by atoms with Crippen molar-refractivity contribution in [1.82, 2.24) is 9.78 Å². The molecule has 0 fully saturated rings. The minimum Gasteiger partial charge on any atom is -0.394 e. The molecule has 1 aliphatic rings. The van der Waals surface area contributed by atoms with Crippen LogP contribution < -0.4 is 11.1 Å². The second-order valence-corrected chi connectivity index (χ2v) is 6.05. The van der Waals surface area contributed by atoms with Crippen molar-refractivity contribution in [2.45, 2.75) is 45.7 Å². The van der Waals surface area contributed by atoms with Crippen LogP contribution in [-0.4, -0.2) is 9.78 Å². The van der Waals surface area contributed by atoms with Crippen LogP contribution in [0.25, 0.3) is 0 Å². The zero-order chi connectivity index (χ0) is 13.4. The smallest absolute Gasteiger partial charge is 0.148 e. The van der Waals surface area contributed by atoms with Crippen molar-refractivity contribution in [3.05, 3.63) is 27.6 Å². The molecule has 102 valence electrons. The number of hydrogen-bond acceptors (Lipinski definition) is 4. The van der Waals surface area contributed by atoms with Gasteiger partial charge in [-0.3, -0.25) is 0 Å². The normalized spacial score (nSPS) is 18.3. The van der Waals surface area contributed by atoms with E-state index in [1.807, 2.05) is 22.9 Å². The Bertz CT molecular complexity index is 584. The van der Waals surface area contributed by atoms with Gasteiger partial charge in [-0.1, -0.05) is 0 Å². The van der Waals surface area contributed by atoms with E-state index in [0.29, 0.717) is 6.04 Å². The number of anilines is 2. The number of nitrogens with two attached hydrogens (primary N) is 1. The lowest BCUT2D eigenvalue weighted by molar-refractivity contribution is 0.590. The first-order valence-electron chi connectivity index (χ1n) is 6.86. The highest BCUT2D eigenvalue weighted by molar-refractivity contribution is 7.10. The minimum atomic E-state index is 0.374. The van der Waals surface area contributed by atoms with E-state index < -0.39 is 0 Å². The standard InChI is InChI=1S/C14H20N4S/c1-3-18-14(13(15)9(2)17-18)16-11-5-4-6-12-10(11)7-8-19-12/h7-8,11,16H,3-6,15H2,1-2H3. The summed E-state index contributed by atoms with van der Waals surface area (Å²) in [5, 5.41) is 10.3. The van der Waals surface area contributed by atoms with Crippen LogP contribution in [-0.2, 0) is 13.0 Å². The zero-order valence-corrected chi connectivity index (χ0v) is 12.3. The predicted octanol–water partition coefficient (Wildman–Crippen LogP) is 3.34. The topological polar surface area (TPSA) is 55.9 Å². The summed E-state index contributed by atoms with van der Waals surface area (Å²) in [5.41, 5.74) is 9.28. The van der Waals surface area contributed by atoms with Crippen molar-refractivity contribution in [2.75, 3.05) is 11.1 Å². The highest BCUT2D eigenvalue weighted by atomic mass is 32.1. The molecule has 3 N–H and O–H groups in total. The average molecular weight is 276 g/mol. The van der Waals surface area contributed by atoms with Gasteiger partial charge in [0.25, 0.3) is 0 Å². The molecule has 2 heterocycles. The summed E-state index contributed by atoms with van der Waals surface area (Å²) in [6, 6.07) is 2.62. The number of aromatic nitrogens is 2. The van der Waals surface area contributed by atoms with Gasteiger partial charge in [0.05, 0.1) is 17.4 Å². The second kappa shape index (κ2) is 4.89. The molecule has 0 amide bonds. The molecule has 0 radical (unpaired) electrons. The maximum atomic E-state index is 6.15. The molecule has 0 bridgehead atoms. The van der Waals surface area contributed by atoms with E-state index in [-0.39, 0.29) is 0 Å². The van der Waals surface area contributed by atoms with Crippen LogP contribution in [0.5, 0.6) is 0 Å². The average Bonchev–Trinajstić information content (AvgIpc) is 2.99. The van der Waals surface area contributed by atoms with E-state index in [4.69, 9.17) is 5.73 Å². The number of thiophene rings is 1. The van der Waals surface area contributed by atoms with Gasteiger partial charge in [-0.25, -0.2) is 4.68 Å². The van der Waals surface area contributed by atoms with Crippen LogP contribution in [0.3, 0.4) is 0 Å². The molecule has 2 aromatic heterocycles. The van der Waals surface area contributed by atoms with E-state index in [0.717, 1.165) is 30.2 Å². The fourth-order valence-corrected chi connectivity index (χ4v) is 3.77. The Morgan fingerprint density at radius 2 is 2.42 bits per heavy atom. The summed E-state index contributed by atoms with van der Waals surface area (Å²) < 4.78 is 1.96. The van der Waals surface area contributed by atoms with Gasteiger partial charge in [-0.2, -0.15) is 5.10 Å². The molecule has 0 saturated carbocycles. The maximum Gasteiger partial charge on any atom is 0.148 e. The van der Waals surface area contributed by atoms with E-state index >= 15 is 0 Å². The molecule has 0 saturated heterocycles. The summed E-state index contributed by atoms with van der Waals surface area (Å²) in [7, 11) is 0. The second-order valence-electron chi connectivity index (χ2n) is 5.05. The number of nitrogen functional groups attached to an aromatic ring is 1. The largest absolute Gasteiger partial charge is 0.394 e. The van der Waals surface area contributed by atoms with Crippen molar-refractivity contribution in [3.63, 3.8) is 0 Å². The summed E-state index contributed by atoms with van der Waals surface area (Å²) in [5.74, 6) is 0.976. The van der Waals surface area contributed by atoms with E-state index in [2.05, 4.69) is 28.8 Å². The summed E-state index contributed by atoms with van der Waals surface area (Å²) in [4.78, 5) is 1.52. The van der Waals surface area contributed by atoms with Crippen LogP contribution in [0.4, 0.5) is 11.5 Å². The van der Waals surface area contributed by atoms with Gasteiger partial charge in [0.2, 0.25) is 0 Å². The van der Waals surface area contributed by atoms with Crippen LogP contribution >= 0.6 is 11.3 Å². The lowest BCUT2D eigenvalue weighted by Gasteiger charge is -2.25. The van der Waals surface area contributed by atoms with Crippen molar-refractivity contribution < 1.29 is 0 Å². The lowest BCUT2D eigenvalue weighted by Crippen LogP contribution is -2.18. The van der Waals surface area contributed by atoms with Crippen molar-refractivity contribution in [2.24, 2.45) is 0 Å². The van der Waals surface area contributed by atoms with Gasteiger partial charge in [-0.15, -0.1) is 11.3 Å². The molecule has 0 aliphatic heterocycles. The van der Waals surface area contributed by atoms with Crippen molar-refractivity contribution in [1.29, 1.82) is 0 Å². The lowest BCUT2D eigenvalue weighted by atomic mass is 9.94. The van der Waals surface area contributed by atoms with Crippen LogP contribution in [0, 0.1) is 6.92 Å². The first-order chi connectivity index (χ1) is 9.20. The van der Waals surface area contributed by atoms with Crippen LogP contribution in [0.1, 0.15) is 41.9 Å². The monoisotopic (exact) mass is 276 g/mol. The molecular formula is C14H20N4S. The van der Waals surface area contributed by atoms with E-state index in [1.54, 1.807) is 0 Å². The van der Waals surface area contributed by atoms with Crippen LogP contribution in [0.2, 0.25) is 0 Å². The van der Waals surface area contributed by atoms with Crippen molar-refractivity contribution >= 4 is 22.8 Å². The molecule has 1 aliphatic carbocycles. The third kappa shape index (κ3) is 2.12. The van der Waals surface area contributed by atoms with Crippen molar-refractivity contribution in [3.8, 4) is 0 Å². The molecule has 0 spiro atoms. The highest BCUT2D eigenvalue weighted by Gasteiger charge is 2.23. The number of hydrogen-bond donors (Lipinski definition) is 2. The fourth-order valence-electron chi connectivity index (χ4n) is 2.78. The van der Waals surface area contributed by atoms with Gasteiger partial charge in [0.15, 0.2) is 0 Å². The Hall–Kier alpha value is -1.49. The Morgan fingerprint density at radius 3 is 3.21 bits per heavy atom. The molecule has 19 heavy (non-hydrogen) atoms. The zero-order valence-electron chi connectivity index (χ0n) is 11.4. The molecule has 1 unspecified atom stereocenters. The van der Waals surface area contributed by atoms with E-state index in [9.17, 15) is 0 Å². The van der Waals surface area contributed by atoms with Gasteiger partial charge >= 0.3 is 0 Å². The number of fused-ring (bicyclic) bond motifs is 1. The summed E-state index contributed by atoms with van der Waals surface area (Å²) >= 11 is 1.87. The minimum absolute atomic E-state index is 0.374. The molecular weight excluding hydrogens is 256 g/mol. The maximum absolute atomic E-state index is 6.15. The van der Waals surface area contributed by atoms with Gasteiger partial charge in [-0.05, 0) is 50.1 Å². The summed E-state index contributed by atoms with van der Waals surface area (Å²) in [6.07, 6.45) is 3.62. The first kappa shape index (κ1) is 12.5. The Morgan fingerprint density at radius 1 is 1.58 bits per heavy atom. The molecule has 2 aromatic rings. The molecule has 3 rings (SSSR count). The third-order valence-electron chi connectivity index (χ3n) is 3.84. The predicted molar refractivity (Wildman–Crippen MR) is 80.7 cm³/mol. The van der Waals surface area contributed by atoms with E-state index in [1.165, 1.54) is 23.3 Å². The molecule has 4 nitrogen and oxygen atoms in total. The van der Waals surface area contributed by atoms with Gasteiger partial charge in [0, 0.05) is 11.4 Å². The number of rotatable bonds is 3. The first-order valence-corrected chi connectivity index (χ1v) is 7.74.